The van der Waals surface area contributed by atoms with Gasteiger partial charge in [0, 0.05) is 24.4 Å². The summed E-state index contributed by atoms with van der Waals surface area (Å²) in [5.74, 6) is -0.109. The maximum Gasteiger partial charge on any atom is 0.273 e. The van der Waals surface area contributed by atoms with Crippen LogP contribution in [0.15, 0.2) is 29.6 Å². The SMILES string of the molecule is NC(=O)C1CCN(C(=O)c2csc(CN3C(=O)COc4ccccc43)n2)CC1. The zero-order valence-corrected chi connectivity index (χ0v) is 16.0. The second-order valence-electron chi connectivity index (χ2n) is 6.83. The van der Waals surface area contributed by atoms with E-state index in [9.17, 15) is 14.4 Å². The van der Waals surface area contributed by atoms with Gasteiger partial charge in [0.1, 0.15) is 16.5 Å². The fourth-order valence-electron chi connectivity index (χ4n) is 3.47. The number of rotatable bonds is 4. The Hall–Kier alpha value is -2.94. The molecule has 4 rings (SSSR count). The van der Waals surface area contributed by atoms with E-state index in [-0.39, 0.29) is 30.2 Å². The molecule has 3 amide bonds. The quantitative estimate of drug-likeness (QED) is 0.835. The van der Waals surface area contributed by atoms with Gasteiger partial charge in [-0.2, -0.15) is 0 Å². The highest BCUT2D eigenvalue weighted by molar-refractivity contribution is 7.09. The first-order valence-electron chi connectivity index (χ1n) is 9.08. The molecule has 8 nitrogen and oxygen atoms in total. The van der Waals surface area contributed by atoms with Crippen LogP contribution in [0.1, 0.15) is 28.3 Å². The van der Waals surface area contributed by atoms with Crippen molar-refractivity contribution in [2.24, 2.45) is 11.7 Å². The predicted molar refractivity (Wildman–Crippen MR) is 103 cm³/mol. The summed E-state index contributed by atoms with van der Waals surface area (Å²) in [6.45, 7) is 1.27. The van der Waals surface area contributed by atoms with E-state index in [4.69, 9.17) is 10.5 Å². The van der Waals surface area contributed by atoms with Crippen LogP contribution in [-0.4, -0.2) is 47.3 Å². The van der Waals surface area contributed by atoms with Gasteiger partial charge in [-0.25, -0.2) is 4.98 Å². The van der Waals surface area contributed by atoms with Crippen molar-refractivity contribution in [3.05, 3.63) is 40.3 Å². The summed E-state index contributed by atoms with van der Waals surface area (Å²) >= 11 is 1.35. The fraction of sp³-hybridized carbons (Fsp3) is 0.368. The number of likely N-dealkylation sites (tertiary alicyclic amines) is 1. The van der Waals surface area contributed by atoms with Gasteiger partial charge in [0.25, 0.3) is 11.8 Å². The number of primary amides is 1. The number of nitrogens with two attached hydrogens (primary N) is 1. The second-order valence-corrected chi connectivity index (χ2v) is 7.77. The average molecular weight is 400 g/mol. The van der Waals surface area contributed by atoms with Crippen molar-refractivity contribution >= 4 is 34.7 Å². The molecule has 2 aliphatic rings. The molecule has 28 heavy (non-hydrogen) atoms. The minimum absolute atomic E-state index is 0.0109. The van der Waals surface area contributed by atoms with E-state index in [2.05, 4.69) is 4.98 Å². The standard InChI is InChI=1S/C19H20N4O4S/c20-18(25)12-5-7-22(8-6-12)19(26)13-11-28-16(21-13)9-23-14-3-1-2-4-15(14)27-10-17(23)24/h1-4,11-12H,5-10H2,(H2,20,25). The number of ether oxygens (including phenoxy) is 1. The number of nitrogens with zero attached hydrogens (tertiary/aromatic N) is 3. The van der Waals surface area contributed by atoms with Gasteiger partial charge in [0.2, 0.25) is 5.91 Å². The van der Waals surface area contributed by atoms with Crippen molar-refractivity contribution in [3.63, 3.8) is 0 Å². The summed E-state index contributed by atoms with van der Waals surface area (Å²) in [6, 6.07) is 7.35. The molecule has 0 saturated carbocycles. The molecular formula is C19H20N4O4S. The molecule has 2 aliphatic heterocycles. The molecule has 146 valence electrons. The lowest BCUT2D eigenvalue weighted by Gasteiger charge is -2.30. The molecule has 2 N–H and O–H groups in total. The van der Waals surface area contributed by atoms with Crippen LogP contribution in [0.25, 0.3) is 0 Å². The van der Waals surface area contributed by atoms with E-state index in [1.54, 1.807) is 15.2 Å². The smallest absolute Gasteiger partial charge is 0.273 e. The van der Waals surface area contributed by atoms with E-state index >= 15 is 0 Å². The van der Waals surface area contributed by atoms with Gasteiger partial charge in [-0.3, -0.25) is 19.3 Å². The number of thiazole rings is 1. The van der Waals surface area contributed by atoms with Gasteiger partial charge in [0.05, 0.1) is 12.2 Å². The molecular weight excluding hydrogens is 380 g/mol. The van der Waals surface area contributed by atoms with Crippen molar-refractivity contribution in [1.29, 1.82) is 0 Å². The average Bonchev–Trinajstić information content (AvgIpc) is 3.18. The summed E-state index contributed by atoms with van der Waals surface area (Å²) < 4.78 is 5.45. The third-order valence-corrected chi connectivity index (χ3v) is 5.89. The Balaban J connectivity index is 1.44. The van der Waals surface area contributed by atoms with Crippen LogP contribution in [0, 0.1) is 5.92 Å². The first kappa shape index (κ1) is 18.4. The molecule has 0 atom stereocenters. The van der Waals surface area contributed by atoms with Crippen LogP contribution in [0.4, 0.5) is 5.69 Å². The predicted octanol–water partition coefficient (Wildman–Crippen LogP) is 1.41. The molecule has 1 aromatic carbocycles. The lowest BCUT2D eigenvalue weighted by atomic mass is 9.96. The number of anilines is 1. The van der Waals surface area contributed by atoms with Crippen molar-refractivity contribution in [2.75, 3.05) is 24.6 Å². The molecule has 0 bridgehead atoms. The van der Waals surface area contributed by atoms with Crippen molar-refractivity contribution in [3.8, 4) is 5.75 Å². The van der Waals surface area contributed by atoms with E-state index in [0.29, 0.717) is 54.6 Å². The Kier molecular flexibility index (Phi) is 4.99. The monoisotopic (exact) mass is 400 g/mol. The van der Waals surface area contributed by atoms with Crippen molar-refractivity contribution in [2.45, 2.75) is 19.4 Å². The third kappa shape index (κ3) is 3.57. The van der Waals surface area contributed by atoms with Crippen LogP contribution in [-0.2, 0) is 16.1 Å². The van der Waals surface area contributed by atoms with Gasteiger partial charge in [-0.05, 0) is 25.0 Å². The molecule has 0 radical (unpaired) electrons. The van der Waals surface area contributed by atoms with E-state index in [1.165, 1.54) is 11.3 Å². The number of hydrogen-bond donors (Lipinski definition) is 1. The first-order chi connectivity index (χ1) is 13.5. The maximum absolute atomic E-state index is 12.7. The van der Waals surface area contributed by atoms with Crippen LogP contribution < -0.4 is 15.4 Å². The number of aromatic nitrogens is 1. The van der Waals surface area contributed by atoms with E-state index < -0.39 is 0 Å². The molecule has 1 fully saturated rings. The Labute approximate surface area is 165 Å². The Bertz CT molecular complexity index is 920. The minimum Gasteiger partial charge on any atom is -0.482 e. The minimum atomic E-state index is -0.307. The zero-order valence-electron chi connectivity index (χ0n) is 15.2. The highest BCUT2D eigenvalue weighted by Gasteiger charge is 2.29. The Morgan fingerprint density at radius 2 is 2.00 bits per heavy atom. The summed E-state index contributed by atoms with van der Waals surface area (Å²) in [6.07, 6.45) is 1.16. The molecule has 1 aromatic heterocycles. The lowest BCUT2D eigenvalue weighted by Crippen LogP contribution is -2.41. The van der Waals surface area contributed by atoms with Gasteiger partial charge >= 0.3 is 0 Å². The number of carbonyl (C=O) groups excluding carboxylic acids is 3. The highest BCUT2D eigenvalue weighted by atomic mass is 32.1. The van der Waals surface area contributed by atoms with E-state index in [1.807, 2.05) is 24.3 Å². The molecule has 9 heteroatoms. The second kappa shape index (κ2) is 7.59. The van der Waals surface area contributed by atoms with Gasteiger partial charge in [0.15, 0.2) is 6.61 Å². The lowest BCUT2D eigenvalue weighted by molar-refractivity contribution is -0.123. The fourth-order valence-corrected chi connectivity index (χ4v) is 4.23. The van der Waals surface area contributed by atoms with Crippen LogP contribution in [0.5, 0.6) is 5.75 Å². The third-order valence-electron chi connectivity index (χ3n) is 5.06. The van der Waals surface area contributed by atoms with Gasteiger partial charge in [-0.1, -0.05) is 12.1 Å². The molecule has 0 aliphatic carbocycles. The first-order valence-corrected chi connectivity index (χ1v) is 9.96. The van der Waals surface area contributed by atoms with Crippen molar-refractivity contribution < 1.29 is 19.1 Å². The number of para-hydroxylation sites is 2. The Morgan fingerprint density at radius 3 is 2.75 bits per heavy atom. The Morgan fingerprint density at radius 1 is 1.25 bits per heavy atom. The normalized spacial score (nSPS) is 17.2. The highest BCUT2D eigenvalue weighted by Crippen LogP contribution is 2.33. The topological polar surface area (TPSA) is 106 Å². The number of carbonyl (C=O) groups is 3. The van der Waals surface area contributed by atoms with E-state index in [0.717, 1.165) is 0 Å². The number of amides is 3. The van der Waals surface area contributed by atoms with Crippen LogP contribution in [0.3, 0.4) is 0 Å². The number of benzene rings is 1. The summed E-state index contributed by atoms with van der Waals surface area (Å²) in [5.41, 5.74) is 6.41. The summed E-state index contributed by atoms with van der Waals surface area (Å²) in [4.78, 5) is 44.0. The molecule has 0 spiro atoms. The molecule has 1 saturated heterocycles. The largest absolute Gasteiger partial charge is 0.482 e. The van der Waals surface area contributed by atoms with Crippen LogP contribution >= 0.6 is 11.3 Å². The molecule has 3 heterocycles. The molecule has 0 unspecified atom stereocenters. The number of hydrogen-bond acceptors (Lipinski definition) is 6. The van der Waals surface area contributed by atoms with Gasteiger partial charge in [-0.15, -0.1) is 11.3 Å². The van der Waals surface area contributed by atoms with Crippen LogP contribution in [0.2, 0.25) is 0 Å². The maximum atomic E-state index is 12.7. The van der Waals surface area contributed by atoms with Crippen molar-refractivity contribution in [1.82, 2.24) is 9.88 Å². The summed E-state index contributed by atoms with van der Waals surface area (Å²) in [7, 11) is 0. The number of piperidine rings is 1. The zero-order chi connectivity index (χ0) is 19.7. The summed E-state index contributed by atoms with van der Waals surface area (Å²) in [5, 5.41) is 2.40. The number of fused-ring (bicyclic) bond motifs is 1. The molecule has 2 aromatic rings. The van der Waals surface area contributed by atoms with Gasteiger partial charge < -0.3 is 15.4 Å².